The highest BCUT2D eigenvalue weighted by Crippen LogP contribution is 2.34. The van der Waals surface area contributed by atoms with Crippen LogP contribution in [0.15, 0.2) is 48.5 Å². The van der Waals surface area contributed by atoms with Crippen molar-refractivity contribution in [1.82, 2.24) is 20.6 Å². The van der Waals surface area contributed by atoms with E-state index in [1.807, 2.05) is 6.07 Å². The fraction of sp³-hybridized carbons (Fsp3) is 0.290. The number of esters is 1. The van der Waals surface area contributed by atoms with Gasteiger partial charge in [0.05, 0.1) is 24.4 Å². The van der Waals surface area contributed by atoms with Gasteiger partial charge >= 0.3 is 18.1 Å². The SMILES string of the molecule is Cc1cc(OCCCc2ccc3c(c2)C(=O)NCC(=O)N3c2ccc(OC(=O)C3NC3(C=O)CC=O)cc2)nc(N)n1.O=C(O)C(F)(F)F. The normalized spacial score (nSPS) is 18.1. The second kappa shape index (κ2) is 14.9. The van der Waals surface area contributed by atoms with E-state index >= 15 is 0 Å². The Morgan fingerprint density at radius 3 is 2.43 bits per heavy atom. The number of aliphatic carboxylic acids is 1. The topological polar surface area (TPSA) is 230 Å². The van der Waals surface area contributed by atoms with Gasteiger partial charge in [0, 0.05) is 23.9 Å². The van der Waals surface area contributed by atoms with Gasteiger partial charge in [0.15, 0.2) is 0 Å². The van der Waals surface area contributed by atoms with Crippen LogP contribution in [0.2, 0.25) is 0 Å². The van der Waals surface area contributed by atoms with Crippen LogP contribution in [0.1, 0.15) is 34.5 Å². The molecule has 1 fully saturated rings. The van der Waals surface area contributed by atoms with Gasteiger partial charge in [-0.05, 0) is 61.7 Å². The second-order valence-electron chi connectivity index (χ2n) is 10.7. The number of alkyl halides is 3. The Kier molecular flexibility index (Phi) is 10.9. The summed E-state index contributed by atoms with van der Waals surface area (Å²) in [6.45, 7) is 1.98. The number of carbonyl (C=O) groups is 6. The Morgan fingerprint density at radius 2 is 1.82 bits per heavy atom. The van der Waals surface area contributed by atoms with Crippen LogP contribution in [-0.4, -0.2) is 82.3 Å². The van der Waals surface area contributed by atoms with Crippen molar-refractivity contribution in [1.29, 1.82) is 0 Å². The molecule has 2 aliphatic rings. The standard InChI is InChI=1S/C29H28N6O7.C2HF3O2/c1-17-13-23(33-28(30)32-17)41-12-2-3-18-4-9-22-21(14-18)26(39)31-15-24(38)35(22)19-5-7-20(8-6-19)42-27(40)25-29(16-37,34-25)10-11-36;3-2(4,5)1(6)7/h4-9,11,13-14,16,25,34H,2-3,10,12,15H2,1H3,(H,31,39)(H2,30,32,33);(H,6,7). The van der Waals surface area contributed by atoms with Crippen molar-refractivity contribution in [2.75, 3.05) is 23.8 Å². The molecule has 49 heavy (non-hydrogen) atoms. The number of ether oxygens (including phenoxy) is 2. The molecule has 3 heterocycles. The first-order valence-electron chi connectivity index (χ1n) is 14.4. The van der Waals surface area contributed by atoms with Crippen molar-refractivity contribution < 1.29 is 56.5 Å². The average molecular weight is 687 g/mol. The molecule has 2 amide bonds. The van der Waals surface area contributed by atoms with Gasteiger partial charge in [0.25, 0.3) is 11.8 Å². The molecule has 18 heteroatoms. The number of nitrogen functional groups attached to an aromatic ring is 1. The third-order valence-corrected chi connectivity index (χ3v) is 7.17. The summed E-state index contributed by atoms with van der Waals surface area (Å²) in [5.41, 5.74) is 7.25. The van der Waals surface area contributed by atoms with Crippen LogP contribution in [0.4, 0.5) is 30.5 Å². The summed E-state index contributed by atoms with van der Waals surface area (Å²) < 4.78 is 42.8. The number of rotatable bonds is 11. The third-order valence-electron chi connectivity index (χ3n) is 7.17. The second-order valence-corrected chi connectivity index (χ2v) is 10.7. The number of carboxylic acid groups (broad SMARTS) is 1. The van der Waals surface area contributed by atoms with E-state index in [4.69, 9.17) is 25.1 Å². The van der Waals surface area contributed by atoms with Crippen LogP contribution in [-0.2, 0) is 30.4 Å². The monoisotopic (exact) mass is 686 g/mol. The van der Waals surface area contributed by atoms with Gasteiger partial charge < -0.3 is 35.2 Å². The van der Waals surface area contributed by atoms with Crippen LogP contribution < -0.4 is 30.7 Å². The van der Waals surface area contributed by atoms with Crippen molar-refractivity contribution in [2.45, 2.75) is 43.9 Å². The number of amides is 2. The lowest BCUT2D eigenvalue weighted by molar-refractivity contribution is -0.192. The van der Waals surface area contributed by atoms with Gasteiger partial charge in [-0.25, -0.2) is 14.6 Å². The molecule has 3 aromatic rings. The Bertz CT molecular complexity index is 1750. The van der Waals surface area contributed by atoms with Gasteiger partial charge in [0.1, 0.15) is 29.9 Å². The summed E-state index contributed by atoms with van der Waals surface area (Å²) in [5, 5.41) is 12.5. The van der Waals surface area contributed by atoms with E-state index in [1.54, 1.807) is 37.3 Å². The highest BCUT2D eigenvalue weighted by Gasteiger charge is 2.59. The quantitative estimate of drug-likeness (QED) is 0.0743. The van der Waals surface area contributed by atoms with E-state index in [0.717, 1.165) is 5.56 Å². The van der Waals surface area contributed by atoms with Gasteiger partial charge in [-0.1, -0.05) is 6.07 Å². The zero-order valence-electron chi connectivity index (χ0n) is 25.7. The van der Waals surface area contributed by atoms with Gasteiger partial charge in [-0.3, -0.25) is 19.8 Å². The summed E-state index contributed by atoms with van der Waals surface area (Å²) in [6, 6.07) is 12.3. The van der Waals surface area contributed by atoms with Crippen LogP contribution >= 0.6 is 0 Å². The third kappa shape index (κ3) is 8.92. The molecule has 2 aliphatic heterocycles. The molecule has 2 atom stereocenters. The summed E-state index contributed by atoms with van der Waals surface area (Å²) in [6.07, 6.45) is -2.86. The maximum atomic E-state index is 13.0. The molecular weight excluding hydrogens is 657 g/mol. The number of nitrogens with two attached hydrogens (primary N) is 1. The summed E-state index contributed by atoms with van der Waals surface area (Å²) in [7, 11) is 0. The lowest BCUT2D eigenvalue weighted by atomic mass is 10.0. The summed E-state index contributed by atoms with van der Waals surface area (Å²) in [4.78, 5) is 78.9. The first-order valence-corrected chi connectivity index (χ1v) is 14.4. The van der Waals surface area contributed by atoms with E-state index in [2.05, 4.69) is 20.6 Å². The van der Waals surface area contributed by atoms with Crippen LogP contribution in [0.3, 0.4) is 0 Å². The summed E-state index contributed by atoms with van der Waals surface area (Å²) >= 11 is 0. The van der Waals surface area contributed by atoms with Crippen molar-refractivity contribution in [3.8, 4) is 11.6 Å². The number of fused-ring (bicyclic) bond motifs is 1. The number of aromatic nitrogens is 2. The number of carbonyl (C=O) groups excluding carboxylic acids is 5. The molecule has 15 nitrogen and oxygen atoms in total. The van der Waals surface area contributed by atoms with Crippen molar-refractivity contribution in [3.63, 3.8) is 0 Å². The highest BCUT2D eigenvalue weighted by atomic mass is 19.4. The molecule has 1 saturated heterocycles. The highest BCUT2D eigenvalue weighted by molar-refractivity contribution is 6.13. The smallest absolute Gasteiger partial charge is 0.478 e. The first kappa shape index (κ1) is 35.9. The number of hydrogen-bond donors (Lipinski definition) is 4. The minimum absolute atomic E-state index is 0.133. The molecule has 0 saturated carbocycles. The number of nitrogens with one attached hydrogen (secondary N) is 2. The maximum Gasteiger partial charge on any atom is 0.490 e. The van der Waals surface area contributed by atoms with E-state index < -0.39 is 29.7 Å². The predicted molar refractivity (Wildman–Crippen MR) is 163 cm³/mol. The van der Waals surface area contributed by atoms with Crippen molar-refractivity contribution in [2.24, 2.45) is 0 Å². The fourth-order valence-corrected chi connectivity index (χ4v) is 4.75. The molecule has 2 aromatic carbocycles. The Balaban J connectivity index is 0.000000698. The zero-order valence-corrected chi connectivity index (χ0v) is 25.7. The van der Waals surface area contributed by atoms with E-state index in [0.29, 0.717) is 60.5 Å². The Hall–Kier alpha value is -5.91. The molecule has 258 valence electrons. The molecule has 5 rings (SSSR count). The molecule has 0 aliphatic carbocycles. The van der Waals surface area contributed by atoms with Crippen molar-refractivity contribution in [3.05, 3.63) is 65.4 Å². The number of hydrogen-bond acceptors (Lipinski definition) is 12. The number of carboxylic acids is 1. The van der Waals surface area contributed by atoms with Crippen LogP contribution in [0.5, 0.6) is 11.6 Å². The molecule has 2 unspecified atom stereocenters. The average Bonchev–Trinajstić information content (AvgIpc) is 3.79. The maximum absolute atomic E-state index is 13.0. The van der Waals surface area contributed by atoms with Crippen LogP contribution in [0.25, 0.3) is 0 Å². The minimum atomic E-state index is -5.08. The molecule has 0 radical (unpaired) electrons. The lowest BCUT2D eigenvalue weighted by Crippen LogP contribution is -2.33. The Morgan fingerprint density at radius 1 is 1.12 bits per heavy atom. The number of aryl methyl sites for hydroxylation is 2. The largest absolute Gasteiger partial charge is 0.490 e. The van der Waals surface area contributed by atoms with E-state index in [1.165, 1.54) is 17.0 Å². The van der Waals surface area contributed by atoms with Crippen LogP contribution in [0, 0.1) is 6.92 Å². The predicted octanol–water partition coefficient (Wildman–Crippen LogP) is 1.82. The summed E-state index contributed by atoms with van der Waals surface area (Å²) in [5.74, 6) is -3.44. The molecular formula is C31H29F3N6O9. The van der Waals surface area contributed by atoms with E-state index in [-0.39, 0.29) is 36.5 Å². The number of anilines is 3. The number of aldehydes is 2. The van der Waals surface area contributed by atoms with Crippen molar-refractivity contribution >= 4 is 53.6 Å². The molecule has 5 N–H and O–H groups in total. The fourth-order valence-electron chi connectivity index (χ4n) is 4.75. The lowest BCUT2D eigenvalue weighted by Gasteiger charge is -2.23. The van der Waals surface area contributed by atoms with Gasteiger partial charge in [-0.15, -0.1) is 0 Å². The molecule has 0 bridgehead atoms. The Labute approximate surface area is 275 Å². The van der Waals surface area contributed by atoms with Gasteiger partial charge in [0.2, 0.25) is 11.8 Å². The number of halogens is 3. The first-order chi connectivity index (χ1) is 23.2. The minimum Gasteiger partial charge on any atom is -0.478 e. The molecule has 1 aromatic heterocycles. The van der Waals surface area contributed by atoms with Gasteiger partial charge in [-0.2, -0.15) is 18.2 Å². The number of nitrogens with zero attached hydrogens (tertiary/aromatic N) is 3. The van der Waals surface area contributed by atoms with E-state index in [9.17, 15) is 37.1 Å². The zero-order chi connectivity index (χ0) is 35.9. The number of benzene rings is 2. The molecule has 0 spiro atoms.